The standard InChI is InChI=1S/C15H15ClF2N4.CH4/c1-8-5-3-4-6-22(13(8)18)14-10-7-19-9(2)11(17)12(10)20-15(16)21-14;/h3-4,7-8,13H,5-6H2,1-2H3;1H4. The van der Waals surface area contributed by atoms with E-state index in [1.807, 2.05) is 19.1 Å². The minimum Gasteiger partial charge on any atom is -0.322 e. The number of alkyl halides is 1. The Labute approximate surface area is 139 Å². The Bertz CT molecular complexity index is 750. The van der Waals surface area contributed by atoms with Crippen molar-refractivity contribution in [2.45, 2.75) is 34.0 Å². The van der Waals surface area contributed by atoms with E-state index in [4.69, 9.17) is 11.6 Å². The zero-order valence-corrected chi connectivity index (χ0v) is 13.0. The summed E-state index contributed by atoms with van der Waals surface area (Å²) in [6.07, 6.45) is 4.67. The summed E-state index contributed by atoms with van der Waals surface area (Å²) in [5.74, 6) is -0.491. The second-order valence-electron chi connectivity index (χ2n) is 5.45. The molecule has 2 atom stereocenters. The number of hydrogen-bond donors (Lipinski definition) is 0. The van der Waals surface area contributed by atoms with E-state index in [2.05, 4.69) is 15.0 Å². The molecule has 3 rings (SSSR count). The minimum atomic E-state index is -1.24. The van der Waals surface area contributed by atoms with Crippen molar-refractivity contribution < 1.29 is 8.78 Å². The van der Waals surface area contributed by atoms with Gasteiger partial charge in [0.2, 0.25) is 5.28 Å². The Morgan fingerprint density at radius 3 is 2.78 bits per heavy atom. The van der Waals surface area contributed by atoms with Gasteiger partial charge in [0.1, 0.15) is 11.3 Å². The summed E-state index contributed by atoms with van der Waals surface area (Å²) in [5, 5.41) is 0.248. The van der Waals surface area contributed by atoms with Gasteiger partial charge in [-0.25, -0.2) is 13.8 Å². The first kappa shape index (κ1) is 17.5. The van der Waals surface area contributed by atoms with Crippen LogP contribution in [0.25, 0.3) is 10.9 Å². The molecule has 1 aliphatic rings. The van der Waals surface area contributed by atoms with Crippen molar-refractivity contribution in [2.24, 2.45) is 5.92 Å². The van der Waals surface area contributed by atoms with Crippen LogP contribution in [-0.2, 0) is 0 Å². The quantitative estimate of drug-likeness (QED) is 0.436. The highest BCUT2D eigenvalue weighted by Gasteiger charge is 2.28. The lowest BCUT2D eigenvalue weighted by Crippen LogP contribution is -2.36. The first-order valence-corrected chi connectivity index (χ1v) is 7.41. The molecule has 7 heteroatoms. The molecule has 0 radical (unpaired) electrons. The molecule has 0 aromatic carbocycles. The Kier molecular flexibility index (Phi) is 5.14. The molecule has 0 amide bonds. The monoisotopic (exact) mass is 340 g/mol. The smallest absolute Gasteiger partial charge is 0.225 e. The van der Waals surface area contributed by atoms with Gasteiger partial charge in [0, 0.05) is 18.7 Å². The average Bonchev–Trinajstić information content (AvgIpc) is 2.65. The SMILES string of the molecule is C.Cc1ncc2c(N3CC=CCC(C)C3F)nc(Cl)nc2c1F. The lowest BCUT2D eigenvalue weighted by atomic mass is 10.1. The van der Waals surface area contributed by atoms with Crippen LogP contribution in [0.2, 0.25) is 5.28 Å². The van der Waals surface area contributed by atoms with Crippen molar-refractivity contribution in [1.29, 1.82) is 0 Å². The molecule has 0 saturated heterocycles. The number of fused-ring (bicyclic) bond motifs is 1. The maximum Gasteiger partial charge on any atom is 0.225 e. The molecule has 0 saturated carbocycles. The molecule has 4 nitrogen and oxygen atoms in total. The van der Waals surface area contributed by atoms with Gasteiger partial charge in [-0.15, -0.1) is 0 Å². The van der Waals surface area contributed by atoms with Crippen LogP contribution in [-0.4, -0.2) is 27.8 Å². The third-order valence-corrected chi connectivity index (χ3v) is 4.00. The van der Waals surface area contributed by atoms with Gasteiger partial charge in [-0.05, 0) is 24.9 Å². The van der Waals surface area contributed by atoms with Gasteiger partial charge in [-0.3, -0.25) is 4.98 Å². The summed E-state index contributed by atoms with van der Waals surface area (Å²) >= 11 is 5.92. The predicted molar refractivity (Wildman–Crippen MR) is 88.9 cm³/mol. The van der Waals surface area contributed by atoms with E-state index in [0.29, 0.717) is 18.4 Å². The fraction of sp³-hybridized carbons (Fsp3) is 0.438. The molecular weight excluding hydrogens is 322 g/mol. The first-order chi connectivity index (χ1) is 10.5. The number of allylic oxidation sites excluding steroid dienone is 1. The van der Waals surface area contributed by atoms with E-state index < -0.39 is 12.1 Å². The molecule has 124 valence electrons. The van der Waals surface area contributed by atoms with Crippen LogP contribution in [0.15, 0.2) is 18.3 Å². The topological polar surface area (TPSA) is 41.9 Å². The maximum absolute atomic E-state index is 14.7. The maximum atomic E-state index is 14.7. The summed E-state index contributed by atoms with van der Waals surface area (Å²) in [6, 6.07) is 0. The normalized spacial score (nSPS) is 21.2. The van der Waals surface area contributed by atoms with Gasteiger partial charge in [-0.1, -0.05) is 26.5 Å². The van der Waals surface area contributed by atoms with Crippen LogP contribution in [0.3, 0.4) is 0 Å². The number of nitrogens with zero attached hydrogens (tertiary/aromatic N) is 4. The zero-order chi connectivity index (χ0) is 15.9. The summed E-state index contributed by atoms with van der Waals surface area (Å²) in [4.78, 5) is 13.5. The van der Waals surface area contributed by atoms with E-state index in [1.165, 1.54) is 11.1 Å². The Morgan fingerprint density at radius 1 is 1.30 bits per heavy atom. The average molecular weight is 341 g/mol. The molecule has 3 heterocycles. The molecule has 2 aromatic heterocycles. The molecular formula is C16H19ClF2N4. The van der Waals surface area contributed by atoms with Crippen molar-refractivity contribution in [2.75, 3.05) is 11.4 Å². The van der Waals surface area contributed by atoms with E-state index in [9.17, 15) is 8.78 Å². The van der Waals surface area contributed by atoms with Crippen molar-refractivity contribution >= 4 is 28.3 Å². The molecule has 0 aliphatic carbocycles. The predicted octanol–water partition coefficient (Wildman–Crippen LogP) is 4.46. The Balaban J connectivity index is 0.00000192. The van der Waals surface area contributed by atoms with E-state index in [1.54, 1.807) is 6.92 Å². The number of rotatable bonds is 1. The molecule has 23 heavy (non-hydrogen) atoms. The highest BCUT2D eigenvalue weighted by molar-refractivity contribution is 6.28. The van der Waals surface area contributed by atoms with Gasteiger partial charge in [0.15, 0.2) is 12.1 Å². The zero-order valence-electron chi connectivity index (χ0n) is 12.2. The highest BCUT2D eigenvalue weighted by Crippen LogP contribution is 2.32. The van der Waals surface area contributed by atoms with Gasteiger partial charge in [0.05, 0.1) is 11.1 Å². The van der Waals surface area contributed by atoms with Gasteiger partial charge in [0.25, 0.3) is 0 Å². The molecule has 0 N–H and O–H groups in total. The number of anilines is 1. The van der Waals surface area contributed by atoms with Gasteiger partial charge < -0.3 is 4.90 Å². The van der Waals surface area contributed by atoms with Crippen LogP contribution in [0.1, 0.15) is 26.5 Å². The second-order valence-corrected chi connectivity index (χ2v) is 5.78. The first-order valence-electron chi connectivity index (χ1n) is 7.03. The van der Waals surface area contributed by atoms with Crippen molar-refractivity contribution in [1.82, 2.24) is 15.0 Å². The lowest BCUT2D eigenvalue weighted by molar-refractivity contribution is 0.239. The van der Waals surface area contributed by atoms with Gasteiger partial charge in [-0.2, -0.15) is 4.98 Å². The molecule has 0 bridgehead atoms. The molecule has 2 aromatic rings. The van der Waals surface area contributed by atoms with Crippen LogP contribution in [0.5, 0.6) is 0 Å². The second kappa shape index (κ2) is 6.74. The van der Waals surface area contributed by atoms with E-state index in [-0.39, 0.29) is 35.7 Å². The number of aromatic nitrogens is 3. The van der Waals surface area contributed by atoms with E-state index in [0.717, 1.165) is 0 Å². The number of aryl methyl sites for hydroxylation is 1. The fourth-order valence-corrected chi connectivity index (χ4v) is 2.71. The molecule has 2 unspecified atom stereocenters. The Morgan fingerprint density at radius 2 is 2.04 bits per heavy atom. The van der Waals surface area contributed by atoms with Crippen molar-refractivity contribution in [3.63, 3.8) is 0 Å². The number of halogens is 3. The highest BCUT2D eigenvalue weighted by atomic mass is 35.5. The minimum absolute atomic E-state index is 0. The number of pyridine rings is 1. The van der Waals surface area contributed by atoms with Crippen molar-refractivity contribution in [3.05, 3.63) is 35.1 Å². The van der Waals surface area contributed by atoms with Crippen LogP contribution < -0.4 is 4.90 Å². The third kappa shape index (κ3) is 3.13. The molecule has 1 aliphatic heterocycles. The third-order valence-electron chi connectivity index (χ3n) is 3.83. The summed E-state index contributed by atoms with van der Waals surface area (Å²) in [7, 11) is 0. The van der Waals surface area contributed by atoms with Crippen LogP contribution >= 0.6 is 11.6 Å². The number of hydrogen-bond acceptors (Lipinski definition) is 4. The summed E-state index contributed by atoms with van der Waals surface area (Å²) < 4.78 is 28.9. The Hall–Kier alpha value is -1.82. The van der Waals surface area contributed by atoms with Crippen LogP contribution in [0.4, 0.5) is 14.6 Å². The molecule has 0 fully saturated rings. The lowest BCUT2D eigenvalue weighted by Gasteiger charge is -2.29. The van der Waals surface area contributed by atoms with Crippen molar-refractivity contribution in [3.8, 4) is 0 Å². The van der Waals surface area contributed by atoms with E-state index >= 15 is 0 Å². The summed E-state index contributed by atoms with van der Waals surface area (Å²) in [6.45, 7) is 3.70. The summed E-state index contributed by atoms with van der Waals surface area (Å²) in [5.41, 5.74) is 0.282. The largest absolute Gasteiger partial charge is 0.322 e. The fourth-order valence-electron chi connectivity index (χ4n) is 2.55. The van der Waals surface area contributed by atoms with Gasteiger partial charge >= 0.3 is 0 Å². The molecule has 0 spiro atoms. The van der Waals surface area contributed by atoms with Crippen LogP contribution in [0, 0.1) is 18.7 Å².